The fraction of sp³-hybridized carbons (Fsp3) is 0.800. The molecule has 0 spiro atoms. The summed E-state index contributed by atoms with van der Waals surface area (Å²) in [5, 5.41) is 8.01. The summed E-state index contributed by atoms with van der Waals surface area (Å²) >= 11 is 0. The van der Waals surface area contributed by atoms with E-state index in [-0.39, 0.29) is 6.61 Å². The molecule has 0 radical (unpaired) electrons. The first-order valence-corrected chi connectivity index (χ1v) is 2.91. The molecule has 72 valence electrons. The van der Waals surface area contributed by atoms with E-state index in [9.17, 15) is 18.0 Å². The zero-order valence-electron chi connectivity index (χ0n) is 5.93. The SMILES string of the molecule is O=C(OCCOCO)C(F)(F)F. The fourth-order valence-electron chi connectivity index (χ4n) is 0.340. The molecule has 0 aliphatic carbocycles. The van der Waals surface area contributed by atoms with Gasteiger partial charge in [-0.2, -0.15) is 13.2 Å². The van der Waals surface area contributed by atoms with Crippen LogP contribution in [-0.4, -0.2) is 37.3 Å². The number of aliphatic hydroxyl groups excluding tert-OH is 1. The van der Waals surface area contributed by atoms with Gasteiger partial charge in [-0.15, -0.1) is 0 Å². The van der Waals surface area contributed by atoms with Gasteiger partial charge in [-0.3, -0.25) is 0 Å². The van der Waals surface area contributed by atoms with Gasteiger partial charge in [0.2, 0.25) is 0 Å². The molecule has 0 aromatic rings. The third-order valence-corrected chi connectivity index (χ3v) is 0.784. The van der Waals surface area contributed by atoms with Gasteiger partial charge in [0, 0.05) is 0 Å². The van der Waals surface area contributed by atoms with Crippen LogP contribution in [0.3, 0.4) is 0 Å². The molecule has 0 fully saturated rings. The zero-order chi connectivity index (χ0) is 9.61. The van der Waals surface area contributed by atoms with Gasteiger partial charge in [-0.05, 0) is 0 Å². The van der Waals surface area contributed by atoms with E-state index in [1.807, 2.05) is 0 Å². The quantitative estimate of drug-likeness (QED) is 0.385. The molecule has 0 unspecified atom stereocenters. The molecule has 7 heteroatoms. The maximum Gasteiger partial charge on any atom is 0.490 e. The van der Waals surface area contributed by atoms with Gasteiger partial charge >= 0.3 is 12.1 Å². The monoisotopic (exact) mass is 188 g/mol. The van der Waals surface area contributed by atoms with Gasteiger partial charge in [0.25, 0.3) is 0 Å². The first-order valence-electron chi connectivity index (χ1n) is 2.91. The molecule has 0 amide bonds. The number of hydrogen-bond donors (Lipinski definition) is 1. The predicted molar refractivity (Wildman–Crippen MR) is 30.1 cm³/mol. The van der Waals surface area contributed by atoms with E-state index in [2.05, 4.69) is 9.47 Å². The molecule has 1 N–H and O–H groups in total. The molecule has 0 rings (SSSR count). The van der Waals surface area contributed by atoms with E-state index in [4.69, 9.17) is 5.11 Å². The Balaban J connectivity index is 3.45. The van der Waals surface area contributed by atoms with Crippen LogP contribution >= 0.6 is 0 Å². The molecule has 12 heavy (non-hydrogen) atoms. The van der Waals surface area contributed by atoms with Crippen LogP contribution in [-0.2, 0) is 14.3 Å². The van der Waals surface area contributed by atoms with Gasteiger partial charge in [0.05, 0.1) is 6.61 Å². The van der Waals surface area contributed by atoms with E-state index in [0.717, 1.165) is 0 Å². The van der Waals surface area contributed by atoms with Gasteiger partial charge in [-0.1, -0.05) is 0 Å². The van der Waals surface area contributed by atoms with E-state index in [0.29, 0.717) is 0 Å². The number of rotatable bonds is 4. The lowest BCUT2D eigenvalue weighted by atomic mass is 10.6. The summed E-state index contributed by atoms with van der Waals surface area (Å²) in [5.74, 6) is -2.26. The van der Waals surface area contributed by atoms with Crippen LogP contribution in [0.5, 0.6) is 0 Å². The van der Waals surface area contributed by atoms with Crippen LogP contribution in [0, 0.1) is 0 Å². The Bertz CT molecular complexity index is 144. The molecule has 0 saturated heterocycles. The Morgan fingerprint density at radius 2 is 1.92 bits per heavy atom. The number of aliphatic hydroxyl groups is 1. The average Bonchev–Trinajstić information content (AvgIpc) is 1.96. The van der Waals surface area contributed by atoms with Crippen LogP contribution in [0.15, 0.2) is 0 Å². The number of ether oxygens (including phenoxy) is 2. The van der Waals surface area contributed by atoms with Crippen molar-refractivity contribution in [1.29, 1.82) is 0 Å². The second kappa shape index (κ2) is 4.94. The standard InChI is InChI=1S/C5H7F3O4/c6-5(7,8)4(10)12-2-1-11-3-9/h9H,1-3H2. The average molecular weight is 188 g/mol. The van der Waals surface area contributed by atoms with E-state index in [1.54, 1.807) is 0 Å². The Hall–Kier alpha value is -0.820. The highest BCUT2D eigenvalue weighted by Gasteiger charge is 2.40. The van der Waals surface area contributed by atoms with Gasteiger partial charge in [0.15, 0.2) is 0 Å². The minimum Gasteiger partial charge on any atom is -0.457 e. The second-order valence-corrected chi connectivity index (χ2v) is 1.67. The van der Waals surface area contributed by atoms with Crippen LogP contribution in [0.2, 0.25) is 0 Å². The van der Waals surface area contributed by atoms with Crippen molar-refractivity contribution in [1.82, 2.24) is 0 Å². The van der Waals surface area contributed by atoms with Crippen molar-refractivity contribution in [2.75, 3.05) is 20.0 Å². The summed E-state index contributed by atoms with van der Waals surface area (Å²) in [6.45, 7) is -1.42. The summed E-state index contributed by atoms with van der Waals surface area (Å²) in [7, 11) is 0. The van der Waals surface area contributed by atoms with E-state index in [1.165, 1.54) is 0 Å². The molecule has 0 bridgehead atoms. The summed E-state index contributed by atoms with van der Waals surface area (Å²) in [5.41, 5.74) is 0. The number of hydrogen-bond acceptors (Lipinski definition) is 4. The topological polar surface area (TPSA) is 55.8 Å². The normalized spacial score (nSPS) is 11.3. The summed E-state index contributed by atoms with van der Waals surface area (Å²) < 4.78 is 42.1. The largest absolute Gasteiger partial charge is 0.490 e. The second-order valence-electron chi connectivity index (χ2n) is 1.67. The molecule has 0 heterocycles. The summed E-state index contributed by atoms with van der Waals surface area (Å²) in [6.07, 6.45) is -4.97. The molecule has 0 atom stereocenters. The highest BCUT2D eigenvalue weighted by atomic mass is 19.4. The number of carbonyl (C=O) groups excluding carboxylic acids is 1. The molecular formula is C5H7F3O4. The molecule has 4 nitrogen and oxygen atoms in total. The number of alkyl halides is 3. The minimum atomic E-state index is -4.97. The third-order valence-electron chi connectivity index (χ3n) is 0.784. The van der Waals surface area contributed by atoms with E-state index < -0.39 is 25.5 Å². The van der Waals surface area contributed by atoms with Crippen molar-refractivity contribution in [3.63, 3.8) is 0 Å². The number of esters is 1. The van der Waals surface area contributed by atoms with Crippen molar-refractivity contribution < 1.29 is 32.5 Å². The van der Waals surface area contributed by atoms with Crippen molar-refractivity contribution in [2.24, 2.45) is 0 Å². The molecule has 0 aromatic carbocycles. The Morgan fingerprint density at radius 1 is 1.33 bits per heavy atom. The van der Waals surface area contributed by atoms with Crippen LogP contribution in [0.4, 0.5) is 13.2 Å². The van der Waals surface area contributed by atoms with Gasteiger partial charge < -0.3 is 14.6 Å². The first kappa shape index (κ1) is 11.2. The zero-order valence-corrected chi connectivity index (χ0v) is 5.93. The van der Waals surface area contributed by atoms with Crippen LogP contribution in [0.1, 0.15) is 0 Å². The summed E-state index contributed by atoms with van der Waals surface area (Å²) in [4.78, 5) is 9.96. The highest BCUT2D eigenvalue weighted by Crippen LogP contribution is 2.15. The smallest absolute Gasteiger partial charge is 0.457 e. The van der Waals surface area contributed by atoms with Crippen LogP contribution < -0.4 is 0 Å². The van der Waals surface area contributed by atoms with Crippen molar-refractivity contribution in [3.8, 4) is 0 Å². The summed E-state index contributed by atoms with van der Waals surface area (Å²) in [6, 6.07) is 0. The molecule has 0 saturated carbocycles. The number of carbonyl (C=O) groups is 1. The molecular weight excluding hydrogens is 181 g/mol. The van der Waals surface area contributed by atoms with Crippen LogP contribution in [0.25, 0.3) is 0 Å². The lowest BCUT2D eigenvalue weighted by molar-refractivity contribution is -0.201. The maximum atomic E-state index is 11.4. The fourth-order valence-corrected chi connectivity index (χ4v) is 0.340. The van der Waals surface area contributed by atoms with Gasteiger partial charge in [-0.25, -0.2) is 4.79 Å². The maximum absolute atomic E-state index is 11.4. The minimum absolute atomic E-state index is 0.266. The van der Waals surface area contributed by atoms with Gasteiger partial charge in [0.1, 0.15) is 13.4 Å². The van der Waals surface area contributed by atoms with Crippen molar-refractivity contribution in [3.05, 3.63) is 0 Å². The Kier molecular flexibility index (Phi) is 4.60. The molecule has 0 aliphatic heterocycles. The lowest BCUT2D eigenvalue weighted by Gasteiger charge is -2.06. The van der Waals surface area contributed by atoms with Crippen molar-refractivity contribution in [2.45, 2.75) is 6.18 Å². The Labute approximate surface area is 65.9 Å². The van der Waals surface area contributed by atoms with E-state index >= 15 is 0 Å². The first-order chi connectivity index (χ1) is 5.48. The highest BCUT2D eigenvalue weighted by molar-refractivity contribution is 5.75. The molecule has 0 aromatic heterocycles. The van der Waals surface area contributed by atoms with Crippen molar-refractivity contribution >= 4 is 5.97 Å². The Morgan fingerprint density at radius 3 is 2.33 bits per heavy atom. The predicted octanol–water partition coefficient (Wildman–Crippen LogP) is 0.0583. The third kappa shape index (κ3) is 4.91. The lowest BCUT2D eigenvalue weighted by Crippen LogP contribution is -2.26. The molecule has 0 aliphatic rings. The number of halogens is 3.